The molecule has 1 atom stereocenters. The SMILES string of the molecule is CC(=O)C(O)OC(=O)C(I)I. The number of esters is 1. The molecule has 0 aromatic carbocycles. The molecule has 1 N–H and O–H groups in total. The van der Waals surface area contributed by atoms with Gasteiger partial charge in [0.25, 0.3) is 6.29 Å². The van der Waals surface area contributed by atoms with Crippen molar-refractivity contribution in [3.63, 3.8) is 0 Å². The van der Waals surface area contributed by atoms with Crippen LogP contribution in [0.25, 0.3) is 0 Å². The first kappa shape index (κ1) is 11.6. The lowest BCUT2D eigenvalue weighted by molar-refractivity contribution is -0.172. The topological polar surface area (TPSA) is 63.6 Å². The fourth-order valence-corrected chi connectivity index (χ4v) is 0.538. The van der Waals surface area contributed by atoms with Gasteiger partial charge < -0.3 is 9.84 Å². The van der Waals surface area contributed by atoms with Crippen LogP contribution in [0.15, 0.2) is 0 Å². The van der Waals surface area contributed by atoms with E-state index < -0.39 is 18.0 Å². The smallest absolute Gasteiger partial charge is 0.331 e. The molecule has 4 nitrogen and oxygen atoms in total. The van der Waals surface area contributed by atoms with E-state index >= 15 is 0 Å². The largest absolute Gasteiger partial charge is 0.427 e. The minimum absolute atomic E-state index is 0.390. The molecule has 6 heteroatoms. The first-order valence-corrected chi connectivity index (χ1v) is 5.11. The van der Waals surface area contributed by atoms with Gasteiger partial charge in [-0.2, -0.15) is 0 Å². The van der Waals surface area contributed by atoms with Crippen LogP contribution in [0.2, 0.25) is 0 Å². The summed E-state index contributed by atoms with van der Waals surface area (Å²) in [5.74, 6) is -1.18. The molecule has 0 aromatic heterocycles. The van der Waals surface area contributed by atoms with Gasteiger partial charge in [-0.1, -0.05) is 45.2 Å². The zero-order chi connectivity index (χ0) is 9.02. The zero-order valence-electron chi connectivity index (χ0n) is 5.58. The maximum Gasteiger partial charge on any atom is 0.331 e. The zero-order valence-corrected chi connectivity index (χ0v) is 9.90. The number of alkyl halides is 2. The molecule has 0 fully saturated rings. The van der Waals surface area contributed by atoms with E-state index in [0.717, 1.165) is 6.92 Å². The fraction of sp³-hybridized carbons (Fsp3) is 0.600. The number of halogens is 2. The second-order valence-electron chi connectivity index (χ2n) is 1.70. The van der Waals surface area contributed by atoms with Crippen LogP contribution in [0.4, 0.5) is 0 Å². The van der Waals surface area contributed by atoms with Crippen LogP contribution in [-0.2, 0) is 14.3 Å². The molecule has 1 unspecified atom stereocenters. The van der Waals surface area contributed by atoms with Crippen molar-refractivity contribution in [1.29, 1.82) is 0 Å². The lowest BCUT2D eigenvalue weighted by atomic mass is 10.4. The van der Waals surface area contributed by atoms with Gasteiger partial charge in [0, 0.05) is 6.92 Å². The fourth-order valence-electron chi connectivity index (χ4n) is 0.244. The van der Waals surface area contributed by atoms with Crippen LogP contribution in [0, 0.1) is 0 Å². The summed E-state index contributed by atoms with van der Waals surface area (Å²) in [5, 5.41) is 8.75. The monoisotopic (exact) mass is 384 g/mol. The molecule has 0 radical (unpaired) electrons. The Morgan fingerprint density at radius 2 is 1.91 bits per heavy atom. The Morgan fingerprint density at radius 3 is 2.18 bits per heavy atom. The summed E-state index contributed by atoms with van der Waals surface area (Å²) in [5.41, 5.74) is 0. The Morgan fingerprint density at radius 1 is 1.45 bits per heavy atom. The van der Waals surface area contributed by atoms with Gasteiger partial charge >= 0.3 is 5.97 Å². The van der Waals surface area contributed by atoms with Gasteiger partial charge in [0.2, 0.25) is 0 Å². The highest BCUT2D eigenvalue weighted by atomic mass is 127. The van der Waals surface area contributed by atoms with Crippen LogP contribution >= 0.6 is 45.2 Å². The van der Waals surface area contributed by atoms with Crippen LogP contribution in [0.5, 0.6) is 0 Å². The second kappa shape index (κ2) is 5.25. The lowest BCUT2D eigenvalue weighted by Crippen LogP contribution is -2.26. The van der Waals surface area contributed by atoms with Crippen molar-refractivity contribution in [2.75, 3.05) is 0 Å². The summed E-state index contributed by atoms with van der Waals surface area (Å²) in [6.07, 6.45) is -1.62. The van der Waals surface area contributed by atoms with E-state index in [-0.39, 0.29) is 1.93 Å². The van der Waals surface area contributed by atoms with Gasteiger partial charge in [-0.3, -0.25) is 4.79 Å². The first-order chi connectivity index (χ1) is 4.95. The van der Waals surface area contributed by atoms with Crippen molar-refractivity contribution in [2.24, 2.45) is 0 Å². The molecule has 0 spiro atoms. The van der Waals surface area contributed by atoms with Crippen LogP contribution in [0.1, 0.15) is 6.92 Å². The molecule has 0 aromatic rings. The summed E-state index contributed by atoms with van der Waals surface area (Å²) in [6, 6.07) is 0. The van der Waals surface area contributed by atoms with E-state index in [1.807, 2.05) is 45.2 Å². The van der Waals surface area contributed by atoms with Gasteiger partial charge in [-0.15, -0.1) is 0 Å². The maximum atomic E-state index is 10.7. The van der Waals surface area contributed by atoms with E-state index in [4.69, 9.17) is 5.11 Å². The third-order valence-corrected chi connectivity index (χ3v) is 1.77. The molecule has 0 amide bonds. The molecule has 0 aliphatic rings. The average molecular weight is 384 g/mol. The Hall–Kier alpha value is 0.560. The molecule has 0 rings (SSSR count). The predicted molar refractivity (Wildman–Crippen MR) is 54.6 cm³/mol. The summed E-state index contributed by atoms with van der Waals surface area (Å²) in [6.45, 7) is 1.15. The molecule has 64 valence electrons. The lowest BCUT2D eigenvalue weighted by Gasteiger charge is -2.08. The van der Waals surface area contributed by atoms with Gasteiger partial charge in [-0.05, 0) is 0 Å². The molecule has 11 heavy (non-hydrogen) atoms. The van der Waals surface area contributed by atoms with Crippen molar-refractivity contribution >= 4 is 56.9 Å². The number of hydrogen-bond donors (Lipinski definition) is 1. The number of rotatable bonds is 3. The molecule has 0 aliphatic carbocycles. The molecule has 0 bridgehead atoms. The highest BCUT2D eigenvalue weighted by Gasteiger charge is 2.19. The van der Waals surface area contributed by atoms with Crippen LogP contribution in [-0.4, -0.2) is 25.1 Å². The highest BCUT2D eigenvalue weighted by molar-refractivity contribution is 14.2. The molecule has 0 heterocycles. The third-order valence-electron chi connectivity index (χ3n) is 0.754. The Labute approximate surface area is 91.0 Å². The summed E-state index contributed by atoms with van der Waals surface area (Å²) < 4.78 is 3.94. The number of ether oxygens (including phenoxy) is 1. The molecular weight excluding hydrogens is 378 g/mol. The number of carbonyl (C=O) groups is 2. The van der Waals surface area contributed by atoms with Crippen molar-refractivity contribution in [3.8, 4) is 0 Å². The molecule has 0 saturated carbocycles. The molecule has 0 aliphatic heterocycles. The number of ketones is 1. The van der Waals surface area contributed by atoms with E-state index in [1.54, 1.807) is 0 Å². The highest BCUT2D eigenvalue weighted by Crippen LogP contribution is 2.12. The van der Waals surface area contributed by atoms with Gasteiger partial charge in [-0.25, -0.2) is 4.79 Å². The van der Waals surface area contributed by atoms with E-state index in [9.17, 15) is 9.59 Å². The van der Waals surface area contributed by atoms with Gasteiger partial charge in [0.1, 0.15) is 0 Å². The van der Waals surface area contributed by atoms with Gasteiger partial charge in [0.05, 0.1) is 0 Å². The Bertz CT molecular complexity index is 168. The predicted octanol–water partition coefficient (Wildman–Crippen LogP) is 0.633. The van der Waals surface area contributed by atoms with E-state index in [2.05, 4.69) is 4.74 Å². The normalized spacial score (nSPS) is 12.8. The van der Waals surface area contributed by atoms with E-state index in [0.29, 0.717) is 0 Å². The molecular formula is C5H6I2O4. The summed E-state index contributed by atoms with van der Waals surface area (Å²) in [7, 11) is 0. The number of aliphatic hydroxyl groups excluding tert-OH is 1. The van der Waals surface area contributed by atoms with Gasteiger partial charge in [0.15, 0.2) is 7.71 Å². The first-order valence-electron chi connectivity index (χ1n) is 2.62. The number of aliphatic hydroxyl groups is 1. The van der Waals surface area contributed by atoms with Crippen LogP contribution < -0.4 is 0 Å². The average Bonchev–Trinajstić information content (AvgIpc) is 1.87. The minimum atomic E-state index is -1.62. The third kappa shape index (κ3) is 4.90. The maximum absolute atomic E-state index is 10.7. The quantitative estimate of drug-likeness (QED) is 0.336. The van der Waals surface area contributed by atoms with Crippen molar-refractivity contribution < 1.29 is 19.4 Å². The Balaban J connectivity index is 3.85. The number of carbonyl (C=O) groups excluding carboxylic acids is 2. The number of Topliss-reactive ketones (excluding diaryl/α,β-unsaturated/α-hetero) is 1. The van der Waals surface area contributed by atoms with Crippen molar-refractivity contribution in [3.05, 3.63) is 0 Å². The van der Waals surface area contributed by atoms with Crippen molar-refractivity contribution in [2.45, 2.75) is 15.1 Å². The van der Waals surface area contributed by atoms with Crippen LogP contribution in [0.3, 0.4) is 0 Å². The summed E-state index contributed by atoms with van der Waals surface area (Å²) >= 11 is 3.63. The number of hydrogen-bond acceptors (Lipinski definition) is 4. The Kier molecular flexibility index (Phi) is 5.52. The summed E-state index contributed by atoms with van der Waals surface area (Å²) in [4.78, 5) is 21.1. The van der Waals surface area contributed by atoms with Crippen molar-refractivity contribution in [1.82, 2.24) is 0 Å². The minimum Gasteiger partial charge on any atom is -0.427 e. The molecule has 0 saturated heterocycles. The standard InChI is InChI=1S/C5H6I2O4/c1-2(8)4(9)11-5(10)3(6)7/h3-4,9H,1H3. The van der Waals surface area contributed by atoms with E-state index in [1.165, 1.54) is 0 Å². The second-order valence-corrected chi connectivity index (χ2v) is 6.58.